The zero-order chi connectivity index (χ0) is 12.3. The van der Waals surface area contributed by atoms with Crippen LogP contribution < -0.4 is 5.32 Å². The Hall–Kier alpha value is -0.280. The maximum Gasteiger partial charge on any atom is 0.0595 e. The first kappa shape index (κ1) is 13.2. The highest BCUT2D eigenvalue weighted by atomic mass is 35.5. The summed E-state index contributed by atoms with van der Waals surface area (Å²) >= 11 is 11.9. The Kier molecular flexibility index (Phi) is 4.69. The van der Waals surface area contributed by atoms with Crippen molar-refractivity contribution in [2.45, 2.75) is 25.4 Å². The van der Waals surface area contributed by atoms with Crippen molar-refractivity contribution in [3.05, 3.63) is 33.8 Å². The molecule has 0 saturated carbocycles. The number of hydrogen-bond donors (Lipinski definition) is 1. The molecular weight excluding hydrogens is 255 g/mol. The Morgan fingerprint density at radius 3 is 2.88 bits per heavy atom. The fourth-order valence-corrected chi connectivity index (χ4v) is 2.65. The molecule has 4 heteroatoms. The quantitative estimate of drug-likeness (QED) is 0.910. The molecule has 0 spiro atoms. The maximum atomic E-state index is 6.02. The summed E-state index contributed by atoms with van der Waals surface area (Å²) in [4.78, 5) is 2.46. The molecule has 1 aromatic rings. The van der Waals surface area contributed by atoms with Gasteiger partial charge in [0.25, 0.3) is 0 Å². The third kappa shape index (κ3) is 3.59. The van der Waals surface area contributed by atoms with Crippen LogP contribution in [0.15, 0.2) is 18.2 Å². The normalized spacial score (nSPS) is 21.7. The van der Waals surface area contributed by atoms with Gasteiger partial charge in [-0.1, -0.05) is 29.3 Å². The summed E-state index contributed by atoms with van der Waals surface area (Å²) in [5, 5.41) is 4.62. The van der Waals surface area contributed by atoms with E-state index in [-0.39, 0.29) is 0 Å². The average molecular weight is 273 g/mol. The number of hydrogen-bond acceptors (Lipinski definition) is 2. The number of benzene rings is 1. The first-order valence-corrected chi connectivity index (χ1v) is 6.78. The van der Waals surface area contributed by atoms with Gasteiger partial charge in [-0.05, 0) is 44.1 Å². The van der Waals surface area contributed by atoms with Crippen LogP contribution in [0.2, 0.25) is 10.0 Å². The monoisotopic (exact) mass is 272 g/mol. The highest BCUT2D eigenvalue weighted by Crippen LogP contribution is 2.23. The van der Waals surface area contributed by atoms with E-state index in [4.69, 9.17) is 23.2 Å². The molecule has 0 amide bonds. The van der Waals surface area contributed by atoms with Gasteiger partial charge in [-0.15, -0.1) is 0 Å². The lowest BCUT2D eigenvalue weighted by Crippen LogP contribution is -2.43. The fourth-order valence-electron chi connectivity index (χ4n) is 2.33. The van der Waals surface area contributed by atoms with Crippen molar-refractivity contribution in [3.8, 4) is 0 Å². The van der Waals surface area contributed by atoms with E-state index in [1.54, 1.807) is 0 Å². The minimum Gasteiger partial charge on any atom is -0.316 e. The van der Waals surface area contributed by atoms with E-state index in [0.717, 1.165) is 13.1 Å². The van der Waals surface area contributed by atoms with Crippen LogP contribution in [0.1, 0.15) is 18.4 Å². The van der Waals surface area contributed by atoms with Gasteiger partial charge >= 0.3 is 0 Å². The Balaban J connectivity index is 1.97. The Labute approximate surface area is 113 Å². The number of nitrogens with one attached hydrogen (secondary N) is 1. The number of rotatable bonds is 3. The number of halogens is 2. The lowest BCUT2D eigenvalue weighted by atomic mass is 10.1. The Morgan fingerprint density at radius 2 is 2.18 bits per heavy atom. The van der Waals surface area contributed by atoms with E-state index in [9.17, 15) is 0 Å². The molecule has 1 fully saturated rings. The van der Waals surface area contributed by atoms with Crippen LogP contribution in [0, 0.1) is 0 Å². The van der Waals surface area contributed by atoms with Crippen LogP contribution in [-0.4, -0.2) is 31.1 Å². The molecule has 17 heavy (non-hydrogen) atoms. The van der Waals surface area contributed by atoms with Crippen LogP contribution in [0.5, 0.6) is 0 Å². The van der Waals surface area contributed by atoms with Crippen molar-refractivity contribution in [2.75, 3.05) is 20.1 Å². The summed E-state index contributed by atoms with van der Waals surface area (Å²) in [6.45, 7) is 3.23. The van der Waals surface area contributed by atoms with Crippen LogP contribution in [0.3, 0.4) is 0 Å². The molecule has 1 aliphatic rings. The fraction of sp³-hybridized carbons (Fsp3) is 0.538. The van der Waals surface area contributed by atoms with Gasteiger partial charge in [-0.2, -0.15) is 0 Å². The van der Waals surface area contributed by atoms with Gasteiger partial charge in [0.05, 0.1) is 10.0 Å². The molecule has 1 heterocycles. The molecule has 0 bridgehead atoms. The number of likely N-dealkylation sites (N-methyl/N-ethyl adjacent to an activating group) is 1. The van der Waals surface area contributed by atoms with Crippen LogP contribution in [0.4, 0.5) is 0 Å². The summed E-state index contributed by atoms with van der Waals surface area (Å²) in [5.41, 5.74) is 1.23. The minimum absolute atomic E-state index is 0.617. The lowest BCUT2D eigenvalue weighted by Gasteiger charge is -2.32. The van der Waals surface area contributed by atoms with Gasteiger partial charge in [0, 0.05) is 19.1 Å². The molecule has 1 aliphatic heterocycles. The summed E-state index contributed by atoms with van der Waals surface area (Å²) in [7, 11) is 2.04. The van der Waals surface area contributed by atoms with Crippen LogP contribution in [-0.2, 0) is 6.54 Å². The molecule has 2 nitrogen and oxygen atoms in total. The zero-order valence-corrected chi connectivity index (χ0v) is 11.6. The smallest absolute Gasteiger partial charge is 0.0595 e. The first-order chi connectivity index (χ1) is 8.19. The predicted molar refractivity (Wildman–Crippen MR) is 73.8 cm³/mol. The molecule has 1 N–H and O–H groups in total. The topological polar surface area (TPSA) is 15.3 Å². The van der Waals surface area contributed by atoms with Crippen molar-refractivity contribution >= 4 is 23.2 Å². The molecule has 0 radical (unpaired) electrons. The van der Waals surface area contributed by atoms with Crippen molar-refractivity contribution in [1.29, 1.82) is 0 Å². The molecule has 0 aliphatic carbocycles. The van der Waals surface area contributed by atoms with Crippen LogP contribution in [0.25, 0.3) is 0 Å². The molecule has 0 aromatic heterocycles. The van der Waals surface area contributed by atoms with E-state index in [1.807, 2.05) is 19.2 Å². The molecule has 2 rings (SSSR count). The van der Waals surface area contributed by atoms with Gasteiger partial charge in [0.1, 0.15) is 0 Å². The summed E-state index contributed by atoms with van der Waals surface area (Å²) in [6.07, 6.45) is 2.53. The second-order valence-corrected chi connectivity index (χ2v) is 5.43. The highest BCUT2D eigenvalue weighted by Gasteiger charge is 2.18. The minimum atomic E-state index is 0.617. The number of piperidine rings is 1. The molecule has 1 atom stereocenters. The Morgan fingerprint density at radius 1 is 1.35 bits per heavy atom. The highest BCUT2D eigenvalue weighted by molar-refractivity contribution is 6.42. The van der Waals surface area contributed by atoms with E-state index in [1.165, 1.54) is 24.9 Å². The van der Waals surface area contributed by atoms with E-state index < -0.39 is 0 Å². The predicted octanol–water partition coefficient (Wildman–Crippen LogP) is 3.18. The SMILES string of the molecule is CNC1CCCN(Cc2ccc(Cl)c(Cl)c2)C1. The largest absolute Gasteiger partial charge is 0.316 e. The lowest BCUT2D eigenvalue weighted by molar-refractivity contribution is 0.188. The van der Waals surface area contributed by atoms with Crippen LogP contribution >= 0.6 is 23.2 Å². The summed E-state index contributed by atoms with van der Waals surface area (Å²) in [5.74, 6) is 0. The number of nitrogens with zero attached hydrogens (tertiary/aromatic N) is 1. The van der Waals surface area contributed by atoms with E-state index in [0.29, 0.717) is 16.1 Å². The van der Waals surface area contributed by atoms with Gasteiger partial charge in [-0.3, -0.25) is 4.90 Å². The zero-order valence-electron chi connectivity index (χ0n) is 10.0. The van der Waals surface area contributed by atoms with Gasteiger partial charge in [0.15, 0.2) is 0 Å². The standard InChI is InChI=1S/C13H18Cl2N2/c1-16-11-3-2-6-17(9-11)8-10-4-5-12(14)13(15)7-10/h4-5,7,11,16H,2-3,6,8-9H2,1H3. The molecule has 1 aromatic carbocycles. The van der Waals surface area contributed by atoms with Crippen molar-refractivity contribution in [1.82, 2.24) is 10.2 Å². The Bertz CT molecular complexity index is 382. The van der Waals surface area contributed by atoms with Crippen molar-refractivity contribution in [2.24, 2.45) is 0 Å². The third-order valence-corrected chi connectivity index (χ3v) is 4.04. The maximum absolute atomic E-state index is 6.02. The van der Waals surface area contributed by atoms with Crippen molar-refractivity contribution in [3.63, 3.8) is 0 Å². The third-order valence-electron chi connectivity index (χ3n) is 3.30. The van der Waals surface area contributed by atoms with Gasteiger partial charge < -0.3 is 5.32 Å². The average Bonchev–Trinajstić information content (AvgIpc) is 2.34. The second-order valence-electron chi connectivity index (χ2n) is 4.61. The first-order valence-electron chi connectivity index (χ1n) is 6.02. The number of likely N-dealkylation sites (tertiary alicyclic amines) is 1. The van der Waals surface area contributed by atoms with Gasteiger partial charge in [0.2, 0.25) is 0 Å². The molecule has 1 unspecified atom stereocenters. The van der Waals surface area contributed by atoms with Gasteiger partial charge in [-0.25, -0.2) is 0 Å². The summed E-state index contributed by atoms with van der Waals surface area (Å²) < 4.78 is 0. The molecule has 1 saturated heterocycles. The molecular formula is C13H18Cl2N2. The van der Waals surface area contributed by atoms with E-state index >= 15 is 0 Å². The summed E-state index contributed by atoms with van der Waals surface area (Å²) in [6, 6.07) is 6.51. The van der Waals surface area contributed by atoms with E-state index in [2.05, 4.69) is 16.3 Å². The molecule has 94 valence electrons. The second kappa shape index (κ2) is 6.05. The van der Waals surface area contributed by atoms with Crippen molar-refractivity contribution < 1.29 is 0 Å².